The number of hydrogen-bond donors (Lipinski definition) is 2. The number of aromatic nitrogens is 1. The van der Waals surface area contributed by atoms with Crippen LogP contribution in [0.25, 0.3) is 0 Å². The predicted molar refractivity (Wildman–Crippen MR) is 75.9 cm³/mol. The van der Waals surface area contributed by atoms with Gasteiger partial charge in [0.2, 0.25) is 5.43 Å². The highest BCUT2D eigenvalue weighted by atomic mass is 16.4. The number of carboxylic acid groups (broad SMARTS) is 1. The van der Waals surface area contributed by atoms with Gasteiger partial charge in [0, 0.05) is 31.3 Å². The van der Waals surface area contributed by atoms with Crippen LogP contribution in [-0.2, 0) is 17.9 Å². The average Bonchev–Trinajstić information content (AvgIpc) is 2.33. The molecule has 6 nitrogen and oxygen atoms in total. The molecule has 0 amide bonds. The number of aryl methyl sites for hydroxylation is 1. The van der Waals surface area contributed by atoms with E-state index in [9.17, 15) is 14.7 Å². The van der Waals surface area contributed by atoms with E-state index in [1.165, 1.54) is 12.3 Å². The lowest BCUT2D eigenvalue weighted by Crippen LogP contribution is -2.19. The van der Waals surface area contributed by atoms with Crippen molar-refractivity contribution in [2.75, 3.05) is 14.1 Å². The lowest BCUT2D eigenvalue weighted by molar-refractivity contribution is -0.137. The number of unbranched alkanes of at least 4 members (excludes halogenated alkanes) is 2. The predicted octanol–water partition coefficient (Wildman–Crippen LogP) is 1.26. The molecule has 0 saturated heterocycles. The Labute approximate surface area is 118 Å². The van der Waals surface area contributed by atoms with Gasteiger partial charge >= 0.3 is 5.97 Å². The number of pyridine rings is 1. The molecule has 2 N–H and O–H groups in total. The second-order valence-corrected chi connectivity index (χ2v) is 5.15. The number of nitrogens with zero attached hydrogens (tertiary/aromatic N) is 2. The van der Waals surface area contributed by atoms with Crippen LogP contribution in [0.4, 0.5) is 0 Å². The largest absolute Gasteiger partial charge is 0.503 e. The van der Waals surface area contributed by atoms with Crippen LogP contribution in [0.2, 0.25) is 0 Å². The van der Waals surface area contributed by atoms with Gasteiger partial charge in [-0.25, -0.2) is 0 Å². The van der Waals surface area contributed by atoms with Crippen molar-refractivity contribution in [3.63, 3.8) is 0 Å². The summed E-state index contributed by atoms with van der Waals surface area (Å²) in [4.78, 5) is 23.8. The Morgan fingerprint density at radius 3 is 2.60 bits per heavy atom. The highest BCUT2D eigenvalue weighted by Gasteiger charge is 2.07. The summed E-state index contributed by atoms with van der Waals surface area (Å²) in [7, 11) is 3.82. The summed E-state index contributed by atoms with van der Waals surface area (Å²) in [6, 6.07) is 1.45. The molecule has 0 aliphatic rings. The van der Waals surface area contributed by atoms with Gasteiger partial charge in [-0.2, -0.15) is 0 Å². The quantitative estimate of drug-likeness (QED) is 0.701. The van der Waals surface area contributed by atoms with E-state index < -0.39 is 5.97 Å². The van der Waals surface area contributed by atoms with Crippen LogP contribution in [0.3, 0.4) is 0 Å². The molecule has 1 rings (SSSR count). The molecule has 6 heteroatoms. The maximum atomic E-state index is 11.5. The van der Waals surface area contributed by atoms with Crippen molar-refractivity contribution in [2.45, 2.75) is 38.8 Å². The standard InChI is InChI=1S/C14H22N2O4/c1-15(2)9-11-8-12(17)13(18)10-16(11)7-5-3-4-6-14(19)20/h8,10,18H,3-7,9H2,1-2H3,(H,19,20). The first-order chi connectivity index (χ1) is 9.40. The van der Waals surface area contributed by atoms with Crippen LogP contribution in [0.5, 0.6) is 5.75 Å². The Balaban J connectivity index is 2.65. The van der Waals surface area contributed by atoms with Gasteiger partial charge in [0.05, 0.1) is 6.20 Å². The van der Waals surface area contributed by atoms with Crippen molar-refractivity contribution in [1.82, 2.24) is 9.47 Å². The molecule has 1 aromatic rings. The number of aliphatic carboxylic acids is 1. The van der Waals surface area contributed by atoms with E-state index in [4.69, 9.17) is 5.11 Å². The van der Waals surface area contributed by atoms with E-state index in [1.807, 2.05) is 23.6 Å². The van der Waals surface area contributed by atoms with Crippen molar-refractivity contribution in [3.05, 3.63) is 28.2 Å². The molecule has 0 aromatic carbocycles. The first-order valence-corrected chi connectivity index (χ1v) is 6.69. The molecule has 0 radical (unpaired) electrons. The van der Waals surface area contributed by atoms with Crippen molar-refractivity contribution in [3.8, 4) is 5.75 Å². The summed E-state index contributed by atoms with van der Waals surface area (Å²) < 4.78 is 1.86. The Bertz CT molecular complexity index is 508. The van der Waals surface area contributed by atoms with Crippen LogP contribution >= 0.6 is 0 Å². The van der Waals surface area contributed by atoms with Crippen molar-refractivity contribution in [1.29, 1.82) is 0 Å². The number of aromatic hydroxyl groups is 1. The third-order valence-corrected chi connectivity index (χ3v) is 2.97. The average molecular weight is 282 g/mol. The van der Waals surface area contributed by atoms with Crippen LogP contribution in [0.15, 0.2) is 17.1 Å². The van der Waals surface area contributed by atoms with E-state index in [0.717, 1.165) is 18.5 Å². The molecule has 0 aliphatic heterocycles. The molecule has 0 bridgehead atoms. The minimum atomic E-state index is -0.778. The third-order valence-electron chi connectivity index (χ3n) is 2.97. The first kappa shape index (κ1) is 16.2. The normalized spacial score (nSPS) is 10.9. The maximum absolute atomic E-state index is 11.5. The SMILES string of the molecule is CN(C)Cc1cc(=O)c(O)cn1CCCCCC(=O)O. The monoisotopic (exact) mass is 282 g/mol. The van der Waals surface area contributed by atoms with E-state index in [1.54, 1.807) is 0 Å². The van der Waals surface area contributed by atoms with Crippen molar-refractivity contribution >= 4 is 5.97 Å². The number of carbonyl (C=O) groups is 1. The fourth-order valence-electron chi connectivity index (χ4n) is 2.01. The molecule has 112 valence electrons. The molecule has 0 atom stereocenters. The van der Waals surface area contributed by atoms with Crippen molar-refractivity contribution < 1.29 is 15.0 Å². The Hall–Kier alpha value is -1.82. The smallest absolute Gasteiger partial charge is 0.303 e. The van der Waals surface area contributed by atoms with Gasteiger partial charge in [-0.1, -0.05) is 6.42 Å². The van der Waals surface area contributed by atoms with Gasteiger partial charge in [0.15, 0.2) is 5.75 Å². The van der Waals surface area contributed by atoms with Crippen LogP contribution in [0, 0.1) is 0 Å². The highest BCUT2D eigenvalue weighted by Crippen LogP contribution is 2.10. The molecular weight excluding hydrogens is 260 g/mol. The zero-order valence-electron chi connectivity index (χ0n) is 12.0. The van der Waals surface area contributed by atoms with Crippen LogP contribution in [-0.4, -0.2) is 39.7 Å². The molecule has 0 spiro atoms. The maximum Gasteiger partial charge on any atom is 0.303 e. The lowest BCUT2D eigenvalue weighted by atomic mass is 10.2. The fourth-order valence-corrected chi connectivity index (χ4v) is 2.01. The summed E-state index contributed by atoms with van der Waals surface area (Å²) in [5, 5.41) is 18.1. The molecule has 1 heterocycles. The van der Waals surface area contributed by atoms with Gasteiger partial charge in [-0.15, -0.1) is 0 Å². The number of rotatable bonds is 8. The Morgan fingerprint density at radius 1 is 1.30 bits per heavy atom. The Morgan fingerprint density at radius 2 is 2.00 bits per heavy atom. The molecule has 0 fully saturated rings. The second-order valence-electron chi connectivity index (χ2n) is 5.15. The third kappa shape index (κ3) is 5.44. The topological polar surface area (TPSA) is 82.8 Å². The van der Waals surface area contributed by atoms with Crippen molar-refractivity contribution in [2.24, 2.45) is 0 Å². The number of carboxylic acids is 1. The minimum absolute atomic E-state index is 0.181. The van der Waals surface area contributed by atoms with E-state index >= 15 is 0 Å². The van der Waals surface area contributed by atoms with Crippen LogP contribution < -0.4 is 5.43 Å². The van der Waals surface area contributed by atoms with Gasteiger partial charge in [0.25, 0.3) is 0 Å². The molecular formula is C14H22N2O4. The molecule has 20 heavy (non-hydrogen) atoms. The minimum Gasteiger partial charge on any atom is -0.503 e. The molecule has 0 aliphatic carbocycles. The lowest BCUT2D eigenvalue weighted by Gasteiger charge is -2.17. The molecule has 1 aromatic heterocycles. The van der Waals surface area contributed by atoms with Gasteiger partial charge in [0.1, 0.15) is 0 Å². The Kier molecular flexibility index (Phi) is 6.24. The zero-order chi connectivity index (χ0) is 15.1. The second kappa shape index (κ2) is 7.69. The highest BCUT2D eigenvalue weighted by molar-refractivity contribution is 5.66. The van der Waals surface area contributed by atoms with Gasteiger partial charge in [-0.05, 0) is 26.9 Å². The summed E-state index contributed by atoms with van der Waals surface area (Å²) in [5.41, 5.74) is 0.472. The first-order valence-electron chi connectivity index (χ1n) is 6.69. The summed E-state index contributed by atoms with van der Waals surface area (Å²) in [6.07, 6.45) is 3.90. The van der Waals surface area contributed by atoms with Crippen LogP contribution in [0.1, 0.15) is 31.4 Å². The number of hydrogen-bond acceptors (Lipinski definition) is 4. The molecule has 0 saturated carbocycles. The van der Waals surface area contributed by atoms with E-state index in [-0.39, 0.29) is 17.6 Å². The summed E-state index contributed by atoms with van der Waals surface area (Å²) in [5.74, 6) is -1.03. The fraction of sp³-hybridized carbons (Fsp3) is 0.571. The van der Waals surface area contributed by atoms with E-state index in [0.29, 0.717) is 19.5 Å². The van der Waals surface area contributed by atoms with Gasteiger partial charge < -0.3 is 19.7 Å². The van der Waals surface area contributed by atoms with Gasteiger partial charge in [-0.3, -0.25) is 9.59 Å². The molecule has 0 unspecified atom stereocenters. The summed E-state index contributed by atoms with van der Waals surface area (Å²) >= 11 is 0. The van der Waals surface area contributed by atoms with E-state index in [2.05, 4.69) is 0 Å². The summed E-state index contributed by atoms with van der Waals surface area (Å²) in [6.45, 7) is 1.28. The zero-order valence-corrected chi connectivity index (χ0v) is 12.0.